The Balaban J connectivity index is 3.57. The summed E-state index contributed by atoms with van der Waals surface area (Å²) in [6.07, 6.45) is 9.27. The lowest BCUT2D eigenvalue weighted by Crippen LogP contribution is -2.35. The van der Waals surface area contributed by atoms with E-state index >= 15 is 0 Å². The van der Waals surface area contributed by atoms with Crippen LogP contribution in [0.4, 0.5) is 0 Å². The molecule has 1 rings (SSSR count). The number of nitrogens with zero attached hydrogens (tertiary/aromatic N) is 2. The average Bonchev–Trinajstić information content (AvgIpc) is 2.84. The van der Waals surface area contributed by atoms with E-state index in [0.29, 0.717) is 10.6 Å². The van der Waals surface area contributed by atoms with Gasteiger partial charge in [0.05, 0.1) is 10.6 Å². The van der Waals surface area contributed by atoms with E-state index in [1.165, 1.54) is 0 Å². The number of hydrogen-bond donors (Lipinski definition) is 0. The number of rotatable bonds is 5. The van der Waals surface area contributed by atoms with Crippen LogP contribution < -0.4 is 0 Å². The number of halogens is 1. The largest absolute Gasteiger partial charge is 0.293 e. The molecule has 0 atom stereocenters. The van der Waals surface area contributed by atoms with Crippen LogP contribution in [0.5, 0.6) is 0 Å². The van der Waals surface area contributed by atoms with Crippen LogP contribution in [-0.2, 0) is 14.3 Å². The minimum atomic E-state index is -2.43. The van der Waals surface area contributed by atoms with Crippen LogP contribution in [0, 0.1) is 5.41 Å². The molecule has 0 aromatic carbocycles. The van der Waals surface area contributed by atoms with Crippen LogP contribution in [0.3, 0.4) is 0 Å². The Kier molecular flexibility index (Phi) is 5.99. The van der Waals surface area contributed by atoms with Crippen molar-refractivity contribution in [3.8, 4) is 0 Å². The van der Waals surface area contributed by atoms with Gasteiger partial charge < -0.3 is 0 Å². The van der Waals surface area contributed by atoms with Crippen LogP contribution in [0.15, 0.2) is 24.5 Å². The molecule has 0 aliphatic carbocycles. The van der Waals surface area contributed by atoms with Gasteiger partial charge in [-0.05, 0) is 22.0 Å². The van der Waals surface area contributed by atoms with Crippen LogP contribution in [-0.4, -0.2) is 42.5 Å². The fraction of sp³-hybridized carbons (Fsp3) is 0.533. The fourth-order valence-corrected chi connectivity index (χ4v) is 3.49. The first-order chi connectivity index (χ1) is 9.59. The summed E-state index contributed by atoms with van der Waals surface area (Å²) in [6.45, 7) is 5.52. The van der Waals surface area contributed by atoms with E-state index in [2.05, 4.69) is 21.0 Å². The summed E-state index contributed by atoms with van der Waals surface area (Å²) in [5, 5.41) is 4.97. The van der Waals surface area contributed by atoms with Gasteiger partial charge >= 0.3 is 0 Å². The van der Waals surface area contributed by atoms with Gasteiger partial charge in [-0.3, -0.25) is 9.00 Å². The van der Waals surface area contributed by atoms with Crippen molar-refractivity contribution in [3.05, 3.63) is 24.5 Å². The molecule has 0 saturated heterocycles. The third kappa shape index (κ3) is 4.81. The third-order valence-corrected chi connectivity index (χ3v) is 4.65. The van der Waals surface area contributed by atoms with Gasteiger partial charge in [-0.2, -0.15) is 5.10 Å². The molecule has 4 nitrogen and oxygen atoms in total. The van der Waals surface area contributed by atoms with E-state index in [9.17, 15) is 9.00 Å². The predicted octanol–water partition coefficient (Wildman–Crippen LogP) is 2.84. The maximum Gasteiger partial charge on any atom is 0.178 e. The summed E-state index contributed by atoms with van der Waals surface area (Å²) in [5.74, 6) is -0.103. The quantitative estimate of drug-likeness (QED) is 0.452. The number of aromatic nitrogens is 2. The summed E-state index contributed by atoms with van der Waals surface area (Å²) >= 11 is 3.38. The minimum Gasteiger partial charge on any atom is -0.293 e. The molecular weight excluding hydrogens is 352 g/mol. The van der Waals surface area contributed by atoms with Crippen molar-refractivity contribution in [1.29, 1.82) is 0 Å². The molecule has 118 valence electrons. The summed E-state index contributed by atoms with van der Waals surface area (Å²) < 4.78 is 14.3. The van der Waals surface area contributed by atoms with E-state index < -0.39 is 14.9 Å². The zero-order valence-corrected chi connectivity index (χ0v) is 15.6. The van der Waals surface area contributed by atoms with E-state index in [0.717, 1.165) is 11.8 Å². The summed E-state index contributed by atoms with van der Waals surface area (Å²) in [5.41, 5.74) is 0.0272. The lowest BCUT2D eigenvalue weighted by molar-refractivity contribution is -0.119. The lowest BCUT2D eigenvalue weighted by atomic mass is 9.88. The Labute approximate surface area is 135 Å². The maximum atomic E-state index is 12.8. The van der Waals surface area contributed by atoms with Gasteiger partial charge in [0.25, 0.3) is 0 Å². The van der Waals surface area contributed by atoms with Gasteiger partial charge in [0.2, 0.25) is 0 Å². The molecule has 0 aliphatic rings. The normalized spacial score (nSPS) is 13.3. The Hall–Kier alpha value is -0.880. The third-order valence-electron chi connectivity index (χ3n) is 2.81. The van der Waals surface area contributed by atoms with Crippen LogP contribution in [0.1, 0.15) is 27.2 Å². The molecule has 0 aliphatic heterocycles. The molecule has 0 radical (unpaired) electrons. The Morgan fingerprint density at radius 2 is 2.00 bits per heavy atom. The highest BCUT2D eigenvalue weighted by Gasteiger charge is 2.31. The molecule has 1 aromatic rings. The standard InChI is InChI=1S/C15H23BrN2O2S/c1-15(2,3)14(19)13(21(4,5)20)12(8-6-9-16)18-11-7-10-17-18/h7-8,10-11H,6,9H2,1-5H3/b12-8+. The van der Waals surface area contributed by atoms with Gasteiger partial charge in [-0.15, -0.1) is 0 Å². The van der Waals surface area contributed by atoms with Gasteiger partial charge in [0, 0.05) is 35.7 Å². The number of ketones is 1. The first-order valence-electron chi connectivity index (χ1n) is 6.71. The number of hydrogen-bond acceptors (Lipinski definition) is 3. The highest BCUT2D eigenvalue weighted by Crippen LogP contribution is 2.22. The first kappa shape index (κ1) is 18.2. The number of carbonyl (C=O) groups excluding carboxylic acids is 1. The van der Waals surface area contributed by atoms with Crippen molar-refractivity contribution in [2.24, 2.45) is 5.41 Å². The highest BCUT2D eigenvalue weighted by atomic mass is 79.9. The topological polar surface area (TPSA) is 52.0 Å². The fourth-order valence-electron chi connectivity index (χ4n) is 1.82. The second kappa shape index (κ2) is 6.92. The van der Waals surface area contributed by atoms with Crippen LogP contribution >= 0.6 is 15.9 Å². The number of carbonyl (C=O) groups is 1. The Morgan fingerprint density at radius 1 is 1.38 bits per heavy atom. The van der Waals surface area contributed by atoms with E-state index in [4.69, 9.17) is 0 Å². The van der Waals surface area contributed by atoms with Crippen molar-refractivity contribution in [2.75, 3.05) is 17.8 Å². The van der Waals surface area contributed by atoms with Crippen molar-refractivity contribution < 1.29 is 9.00 Å². The number of alkyl halides is 1. The van der Waals surface area contributed by atoms with Crippen LogP contribution in [0.25, 0.3) is 5.70 Å². The second-order valence-electron chi connectivity index (χ2n) is 6.16. The molecule has 6 heteroatoms. The average molecular weight is 375 g/mol. The zero-order chi connectivity index (χ0) is 16.3. The summed E-state index contributed by atoms with van der Waals surface area (Å²) in [7, 11) is -2.43. The van der Waals surface area contributed by atoms with Gasteiger partial charge in [0.1, 0.15) is 0 Å². The molecule has 0 unspecified atom stereocenters. The Bertz CT molecular complexity index is 638. The van der Waals surface area contributed by atoms with E-state index in [1.807, 2.05) is 26.8 Å². The van der Waals surface area contributed by atoms with Crippen molar-refractivity contribution in [3.63, 3.8) is 0 Å². The molecule has 0 N–H and O–H groups in total. The molecule has 0 saturated carbocycles. The first-order valence-corrected chi connectivity index (χ1v) is 10.2. The molecule has 0 fully saturated rings. The molecule has 1 heterocycles. The summed E-state index contributed by atoms with van der Waals surface area (Å²) in [6, 6.07) is 1.79. The predicted molar refractivity (Wildman–Crippen MR) is 94.4 cm³/mol. The van der Waals surface area contributed by atoms with Gasteiger partial charge in [0.15, 0.2) is 5.78 Å². The SMILES string of the molecule is CC(C)(C)C(=O)C(/C(=C\CCBr)n1cccn1)=S(C)(C)=O. The zero-order valence-electron chi connectivity index (χ0n) is 13.2. The molecule has 1 aromatic heterocycles. The summed E-state index contributed by atoms with van der Waals surface area (Å²) in [4.78, 5) is 13.2. The Morgan fingerprint density at radius 3 is 2.38 bits per heavy atom. The van der Waals surface area contributed by atoms with Gasteiger partial charge in [-0.1, -0.05) is 42.8 Å². The van der Waals surface area contributed by atoms with Crippen LogP contribution in [0.2, 0.25) is 0 Å². The van der Waals surface area contributed by atoms with E-state index in [1.54, 1.807) is 35.7 Å². The maximum absolute atomic E-state index is 12.8. The molecule has 0 amide bonds. The van der Waals surface area contributed by atoms with Crippen molar-refractivity contribution in [1.82, 2.24) is 9.78 Å². The molecule has 0 spiro atoms. The van der Waals surface area contributed by atoms with E-state index in [-0.39, 0.29) is 5.78 Å². The lowest BCUT2D eigenvalue weighted by Gasteiger charge is -2.22. The molecular formula is C15H23BrN2O2S. The molecule has 21 heavy (non-hydrogen) atoms. The highest BCUT2D eigenvalue weighted by molar-refractivity contribution is 9.09. The monoisotopic (exact) mass is 374 g/mol. The molecule has 0 bridgehead atoms. The smallest absolute Gasteiger partial charge is 0.178 e. The van der Waals surface area contributed by atoms with Gasteiger partial charge in [-0.25, -0.2) is 4.68 Å². The van der Waals surface area contributed by atoms with Crippen molar-refractivity contribution >= 4 is 41.8 Å². The number of allylic oxidation sites excluding steroid dienone is 2. The van der Waals surface area contributed by atoms with Crippen molar-refractivity contribution in [2.45, 2.75) is 27.2 Å². The minimum absolute atomic E-state index is 0.103. The second-order valence-corrected chi connectivity index (χ2v) is 9.83. The number of Topliss-reactive ketones (excluding diaryl/α,β-unsaturated/α-hetero) is 1.